The second kappa shape index (κ2) is 6.90. The maximum absolute atomic E-state index is 12.1. The SMILES string of the molecule is NC(=NO)c1cccc(C(=O)NCc2cccc(Br)c2)c1. The van der Waals surface area contributed by atoms with E-state index in [4.69, 9.17) is 10.9 Å². The van der Waals surface area contributed by atoms with Gasteiger partial charge in [0.15, 0.2) is 5.84 Å². The molecular weight excluding hydrogens is 334 g/mol. The number of halogens is 1. The first-order valence-corrected chi connectivity index (χ1v) is 7.00. The molecule has 0 heterocycles. The highest BCUT2D eigenvalue weighted by atomic mass is 79.9. The van der Waals surface area contributed by atoms with Crippen molar-refractivity contribution in [2.45, 2.75) is 6.54 Å². The number of amides is 1. The molecule has 0 unspecified atom stereocenters. The Morgan fingerprint density at radius 1 is 1.19 bits per heavy atom. The van der Waals surface area contributed by atoms with E-state index in [1.165, 1.54) is 0 Å². The minimum atomic E-state index is -0.220. The number of rotatable bonds is 4. The van der Waals surface area contributed by atoms with Gasteiger partial charge in [0.1, 0.15) is 0 Å². The zero-order valence-electron chi connectivity index (χ0n) is 11.1. The average Bonchev–Trinajstić information content (AvgIpc) is 2.52. The smallest absolute Gasteiger partial charge is 0.251 e. The second-order valence-electron chi connectivity index (χ2n) is 4.38. The molecule has 0 atom stereocenters. The zero-order valence-corrected chi connectivity index (χ0v) is 12.7. The molecule has 2 aromatic rings. The minimum absolute atomic E-state index is 0.0309. The summed E-state index contributed by atoms with van der Waals surface area (Å²) in [5, 5.41) is 14.4. The van der Waals surface area contributed by atoms with Crippen molar-refractivity contribution in [2.24, 2.45) is 10.9 Å². The monoisotopic (exact) mass is 347 g/mol. The number of amidine groups is 1. The van der Waals surface area contributed by atoms with Crippen molar-refractivity contribution in [1.82, 2.24) is 5.32 Å². The zero-order chi connectivity index (χ0) is 15.2. The molecule has 0 radical (unpaired) electrons. The predicted octanol–water partition coefficient (Wildman–Crippen LogP) is 2.47. The third-order valence-electron chi connectivity index (χ3n) is 2.87. The van der Waals surface area contributed by atoms with Gasteiger partial charge in [-0.3, -0.25) is 4.79 Å². The maximum Gasteiger partial charge on any atom is 0.251 e. The maximum atomic E-state index is 12.1. The van der Waals surface area contributed by atoms with Crippen LogP contribution in [0, 0.1) is 0 Å². The molecule has 21 heavy (non-hydrogen) atoms. The van der Waals surface area contributed by atoms with Crippen molar-refractivity contribution in [3.05, 3.63) is 69.7 Å². The normalized spacial score (nSPS) is 11.2. The van der Waals surface area contributed by atoms with E-state index in [1.807, 2.05) is 24.3 Å². The van der Waals surface area contributed by atoms with Crippen LogP contribution in [0.2, 0.25) is 0 Å². The summed E-state index contributed by atoms with van der Waals surface area (Å²) >= 11 is 3.38. The molecule has 4 N–H and O–H groups in total. The van der Waals surface area contributed by atoms with E-state index >= 15 is 0 Å². The van der Waals surface area contributed by atoms with E-state index in [-0.39, 0.29) is 11.7 Å². The highest BCUT2D eigenvalue weighted by molar-refractivity contribution is 9.10. The Labute approximate surface area is 130 Å². The van der Waals surface area contributed by atoms with Gasteiger partial charge in [-0.15, -0.1) is 0 Å². The fraction of sp³-hybridized carbons (Fsp3) is 0.0667. The van der Waals surface area contributed by atoms with Crippen LogP contribution in [0.25, 0.3) is 0 Å². The van der Waals surface area contributed by atoms with Crippen LogP contribution in [0.15, 0.2) is 58.2 Å². The molecule has 0 fully saturated rings. The Hall–Kier alpha value is -2.34. The number of nitrogens with one attached hydrogen (secondary N) is 1. The van der Waals surface area contributed by atoms with Crippen LogP contribution in [0.1, 0.15) is 21.5 Å². The molecule has 2 aromatic carbocycles. The molecule has 0 aromatic heterocycles. The summed E-state index contributed by atoms with van der Waals surface area (Å²) in [6, 6.07) is 14.3. The number of carbonyl (C=O) groups excluding carboxylic acids is 1. The average molecular weight is 348 g/mol. The Bertz CT molecular complexity index is 686. The fourth-order valence-corrected chi connectivity index (χ4v) is 2.26. The van der Waals surface area contributed by atoms with E-state index in [0.717, 1.165) is 10.0 Å². The highest BCUT2D eigenvalue weighted by Crippen LogP contribution is 2.12. The van der Waals surface area contributed by atoms with Gasteiger partial charge in [-0.25, -0.2) is 0 Å². The minimum Gasteiger partial charge on any atom is -0.409 e. The van der Waals surface area contributed by atoms with Crippen LogP contribution in [0.5, 0.6) is 0 Å². The first kappa shape index (κ1) is 15.1. The number of hydrogen-bond acceptors (Lipinski definition) is 3. The Morgan fingerprint density at radius 3 is 2.62 bits per heavy atom. The summed E-state index contributed by atoms with van der Waals surface area (Å²) in [4.78, 5) is 12.1. The molecule has 108 valence electrons. The first-order chi connectivity index (χ1) is 10.1. The number of benzene rings is 2. The van der Waals surface area contributed by atoms with Crippen molar-refractivity contribution in [2.75, 3.05) is 0 Å². The largest absolute Gasteiger partial charge is 0.409 e. The number of oxime groups is 1. The lowest BCUT2D eigenvalue weighted by Gasteiger charge is -2.07. The third-order valence-corrected chi connectivity index (χ3v) is 3.36. The van der Waals surface area contributed by atoms with Crippen molar-refractivity contribution in [3.8, 4) is 0 Å². The molecule has 6 heteroatoms. The van der Waals surface area contributed by atoms with Gasteiger partial charge >= 0.3 is 0 Å². The number of nitrogens with two attached hydrogens (primary N) is 1. The Balaban J connectivity index is 2.07. The van der Waals surface area contributed by atoms with E-state index in [2.05, 4.69) is 26.4 Å². The quantitative estimate of drug-likeness (QED) is 0.343. The van der Waals surface area contributed by atoms with Crippen molar-refractivity contribution < 1.29 is 10.0 Å². The van der Waals surface area contributed by atoms with Gasteiger partial charge in [0.25, 0.3) is 5.91 Å². The van der Waals surface area contributed by atoms with Gasteiger partial charge in [0.05, 0.1) is 0 Å². The molecule has 2 rings (SSSR count). The molecule has 0 bridgehead atoms. The number of nitrogens with zero attached hydrogens (tertiary/aromatic N) is 1. The molecule has 0 aliphatic heterocycles. The topological polar surface area (TPSA) is 87.7 Å². The van der Waals surface area contributed by atoms with Crippen LogP contribution in [0.3, 0.4) is 0 Å². The number of hydrogen-bond donors (Lipinski definition) is 3. The first-order valence-electron chi connectivity index (χ1n) is 6.21. The van der Waals surface area contributed by atoms with Crippen LogP contribution in [-0.2, 0) is 6.54 Å². The summed E-state index contributed by atoms with van der Waals surface area (Å²) in [5.41, 5.74) is 7.45. The highest BCUT2D eigenvalue weighted by Gasteiger charge is 2.08. The second-order valence-corrected chi connectivity index (χ2v) is 5.29. The number of carbonyl (C=O) groups is 1. The summed E-state index contributed by atoms with van der Waals surface area (Å²) in [7, 11) is 0. The van der Waals surface area contributed by atoms with Gasteiger partial charge in [-0.2, -0.15) is 0 Å². The summed E-state index contributed by atoms with van der Waals surface area (Å²) < 4.78 is 0.961. The van der Waals surface area contributed by atoms with Crippen molar-refractivity contribution in [3.63, 3.8) is 0 Å². The van der Waals surface area contributed by atoms with Crippen molar-refractivity contribution in [1.29, 1.82) is 0 Å². The molecular formula is C15H14BrN3O2. The molecule has 0 aliphatic rings. The van der Waals surface area contributed by atoms with Crippen LogP contribution in [0.4, 0.5) is 0 Å². The molecule has 0 saturated carbocycles. The summed E-state index contributed by atoms with van der Waals surface area (Å²) in [5.74, 6) is -0.251. The van der Waals surface area contributed by atoms with Gasteiger partial charge in [-0.1, -0.05) is 45.4 Å². The lowest BCUT2D eigenvalue weighted by atomic mass is 10.1. The fourth-order valence-electron chi connectivity index (χ4n) is 1.81. The van der Waals surface area contributed by atoms with Crippen LogP contribution < -0.4 is 11.1 Å². The summed E-state index contributed by atoms with van der Waals surface area (Å²) in [6.45, 7) is 0.423. The van der Waals surface area contributed by atoms with Crippen LogP contribution in [-0.4, -0.2) is 17.0 Å². The lowest BCUT2D eigenvalue weighted by Crippen LogP contribution is -2.23. The Kier molecular flexibility index (Phi) is 4.94. The van der Waals surface area contributed by atoms with E-state index in [1.54, 1.807) is 24.3 Å². The summed E-state index contributed by atoms with van der Waals surface area (Å²) in [6.07, 6.45) is 0. The van der Waals surface area contributed by atoms with E-state index in [0.29, 0.717) is 17.7 Å². The third kappa shape index (κ3) is 4.06. The molecule has 5 nitrogen and oxygen atoms in total. The Morgan fingerprint density at radius 2 is 1.90 bits per heavy atom. The van der Waals surface area contributed by atoms with E-state index in [9.17, 15) is 4.79 Å². The van der Waals surface area contributed by atoms with Gasteiger partial charge < -0.3 is 16.3 Å². The predicted molar refractivity (Wildman–Crippen MR) is 84.3 cm³/mol. The molecule has 0 spiro atoms. The van der Waals surface area contributed by atoms with Gasteiger partial charge in [0, 0.05) is 22.1 Å². The standard InChI is InChI=1S/C15H14BrN3O2/c16-13-6-1-3-10(7-13)9-18-15(20)12-5-2-4-11(8-12)14(17)19-21/h1-8,21H,9H2,(H2,17,19)(H,18,20). The molecule has 1 amide bonds. The molecule has 0 saturated heterocycles. The molecule has 0 aliphatic carbocycles. The van der Waals surface area contributed by atoms with E-state index < -0.39 is 0 Å². The van der Waals surface area contributed by atoms with Gasteiger partial charge in [-0.05, 0) is 29.8 Å². The van der Waals surface area contributed by atoms with Gasteiger partial charge in [0.2, 0.25) is 0 Å². The lowest BCUT2D eigenvalue weighted by molar-refractivity contribution is 0.0951. The van der Waals surface area contributed by atoms with Crippen molar-refractivity contribution >= 4 is 27.7 Å². The van der Waals surface area contributed by atoms with Crippen LogP contribution >= 0.6 is 15.9 Å².